The number of likely N-dealkylation sites (tertiary alicyclic amines) is 1. The van der Waals surface area contributed by atoms with E-state index >= 15 is 0 Å². The number of halogens is 1. The van der Waals surface area contributed by atoms with Crippen LogP contribution in [0.3, 0.4) is 0 Å². The summed E-state index contributed by atoms with van der Waals surface area (Å²) in [7, 11) is -1.86. The minimum absolute atomic E-state index is 0.164. The Morgan fingerprint density at radius 3 is 2.52 bits per heavy atom. The first-order chi connectivity index (χ1) is 18.6. The molecule has 4 heterocycles. The predicted molar refractivity (Wildman–Crippen MR) is 169 cm³/mol. The van der Waals surface area contributed by atoms with Crippen LogP contribution in [0, 0.1) is 0 Å². The number of fused-ring (bicyclic) bond motifs is 2. The lowest BCUT2D eigenvalue weighted by molar-refractivity contribution is 0.00802. The van der Waals surface area contributed by atoms with Gasteiger partial charge < -0.3 is 19.0 Å². The molecule has 0 atom stereocenters. The number of hydrogen-bond acceptors (Lipinski definition) is 6. The molecule has 0 N–H and O–H groups in total. The molecule has 0 bridgehead atoms. The van der Waals surface area contributed by atoms with Crippen molar-refractivity contribution in [3.05, 3.63) is 45.9 Å². The van der Waals surface area contributed by atoms with E-state index in [-0.39, 0.29) is 17.2 Å². The smallest absolute Gasteiger partial charge is 0.410 e. The molecule has 1 saturated heterocycles. The van der Waals surface area contributed by atoms with Crippen molar-refractivity contribution >= 4 is 53.3 Å². The van der Waals surface area contributed by atoms with Crippen molar-refractivity contribution in [1.82, 2.24) is 9.88 Å². The van der Waals surface area contributed by atoms with Gasteiger partial charge in [0.2, 0.25) is 0 Å². The van der Waals surface area contributed by atoms with Crippen LogP contribution in [0.15, 0.2) is 30.5 Å². The number of ether oxygens (including phenoxy) is 1. The highest BCUT2D eigenvalue weighted by molar-refractivity contribution is 7.19. The van der Waals surface area contributed by atoms with Gasteiger partial charge in [0, 0.05) is 52.5 Å². The van der Waals surface area contributed by atoms with E-state index in [0.29, 0.717) is 19.7 Å². The fourth-order valence-corrected chi connectivity index (χ4v) is 7.52. The van der Waals surface area contributed by atoms with E-state index in [0.717, 1.165) is 45.8 Å². The van der Waals surface area contributed by atoms with Crippen LogP contribution in [-0.2, 0) is 22.2 Å². The SMILES string of the molecule is CC(C)(C)OC(=O)N1CC(N2CCCc3cc(Cl)cc(-c4ccnc5cc(CO[Si](C)(C)C(C)(C)C)sc45)c32)C1. The van der Waals surface area contributed by atoms with E-state index in [9.17, 15) is 4.79 Å². The van der Waals surface area contributed by atoms with Crippen LogP contribution in [0.1, 0.15) is 58.4 Å². The Morgan fingerprint density at radius 1 is 1.12 bits per heavy atom. The number of aromatic nitrogens is 1. The molecule has 0 radical (unpaired) electrons. The maximum Gasteiger partial charge on any atom is 0.410 e. The molecular weight excluding hydrogens is 558 g/mol. The van der Waals surface area contributed by atoms with Crippen LogP contribution in [0.4, 0.5) is 10.5 Å². The fraction of sp³-hybridized carbons (Fsp3) is 0.548. The second-order valence-corrected chi connectivity index (χ2v) is 20.0. The van der Waals surface area contributed by atoms with Gasteiger partial charge in [-0.2, -0.15) is 0 Å². The molecule has 216 valence electrons. The Balaban J connectivity index is 1.46. The summed E-state index contributed by atoms with van der Waals surface area (Å²) in [5.41, 5.74) is 5.31. The molecule has 0 unspecified atom stereocenters. The summed E-state index contributed by atoms with van der Waals surface area (Å²) < 4.78 is 13.3. The van der Waals surface area contributed by atoms with Crippen molar-refractivity contribution < 1.29 is 14.0 Å². The Hall–Kier alpha value is -2.13. The van der Waals surface area contributed by atoms with Crippen molar-refractivity contribution in [3.63, 3.8) is 0 Å². The minimum Gasteiger partial charge on any atom is -0.444 e. The zero-order valence-corrected chi connectivity index (χ0v) is 27.6. The Bertz CT molecular complexity index is 1420. The normalized spacial score (nSPS) is 16.7. The van der Waals surface area contributed by atoms with Crippen LogP contribution in [0.25, 0.3) is 21.3 Å². The van der Waals surface area contributed by atoms with Crippen molar-refractivity contribution in [2.75, 3.05) is 24.5 Å². The third-order valence-corrected chi connectivity index (χ3v) is 14.2. The summed E-state index contributed by atoms with van der Waals surface area (Å²) in [6.45, 7) is 20.0. The molecule has 9 heteroatoms. The number of carbonyl (C=O) groups is 1. The molecule has 2 aromatic heterocycles. The minimum atomic E-state index is -1.86. The molecule has 5 rings (SSSR count). The third-order valence-electron chi connectivity index (χ3n) is 8.38. The van der Waals surface area contributed by atoms with E-state index in [1.54, 1.807) is 16.2 Å². The van der Waals surface area contributed by atoms with Gasteiger partial charge in [-0.05, 0) is 81.6 Å². The van der Waals surface area contributed by atoms with Crippen LogP contribution < -0.4 is 4.90 Å². The summed E-state index contributed by atoms with van der Waals surface area (Å²) in [6.07, 6.45) is 3.72. The summed E-state index contributed by atoms with van der Waals surface area (Å²) in [6, 6.07) is 8.76. The predicted octanol–water partition coefficient (Wildman–Crippen LogP) is 8.51. The lowest BCUT2D eigenvalue weighted by atomic mass is 9.91. The third kappa shape index (κ3) is 5.91. The van der Waals surface area contributed by atoms with E-state index in [2.05, 4.69) is 63.0 Å². The van der Waals surface area contributed by atoms with Gasteiger partial charge in [0.15, 0.2) is 8.32 Å². The maximum atomic E-state index is 12.6. The van der Waals surface area contributed by atoms with E-state index in [1.165, 1.54) is 16.1 Å². The second kappa shape index (κ2) is 10.6. The first-order valence-corrected chi connectivity index (χ1v) is 18.3. The number of benzene rings is 1. The topological polar surface area (TPSA) is 54.9 Å². The number of aryl methyl sites for hydroxylation is 1. The van der Waals surface area contributed by atoms with Crippen molar-refractivity contribution in [1.29, 1.82) is 0 Å². The van der Waals surface area contributed by atoms with Gasteiger partial charge in [-0.3, -0.25) is 4.98 Å². The number of thiophene rings is 1. The van der Waals surface area contributed by atoms with Gasteiger partial charge in [0.25, 0.3) is 0 Å². The lowest BCUT2D eigenvalue weighted by Gasteiger charge is -2.48. The highest BCUT2D eigenvalue weighted by Gasteiger charge is 2.40. The number of hydrogen-bond donors (Lipinski definition) is 0. The molecule has 1 fully saturated rings. The fourth-order valence-electron chi connectivity index (χ4n) is 5.17. The van der Waals surface area contributed by atoms with Gasteiger partial charge in [0.1, 0.15) is 5.60 Å². The van der Waals surface area contributed by atoms with Crippen LogP contribution >= 0.6 is 22.9 Å². The lowest BCUT2D eigenvalue weighted by Crippen LogP contribution is -2.62. The zero-order valence-electron chi connectivity index (χ0n) is 25.1. The molecule has 1 aromatic carbocycles. The van der Waals surface area contributed by atoms with Crippen molar-refractivity contribution in [3.8, 4) is 11.1 Å². The average Bonchev–Trinajstić information content (AvgIpc) is 3.23. The van der Waals surface area contributed by atoms with Crippen molar-refractivity contribution in [2.24, 2.45) is 0 Å². The Labute approximate surface area is 248 Å². The highest BCUT2D eigenvalue weighted by atomic mass is 35.5. The highest BCUT2D eigenvalue weighted by Crippen LogP contribution is 2.45. The summed E-state index contributed by atoms with van der Waals surface area (Å²) in [5.74, 6) is 0. The molecule has 2 aliphatic heterocycles. The number of carbonyl (C=O) groups excluding carboxylic acids is 1. The van der Waals surface area contributed by atoms with Gasteiger partial charge in [0.05, 0.1) is 22.9 Å². The van der Waals surface area contributed by atoms with E-state index in [4.69, 9.17) is 25.7 Å². The monoisotopic (exact) mass is 599 g/mol. The first kappa shape index (κ1) is 29.4. The molecular formula is C31H42ClN3O3SSi. The molecule has 40 heavy (non-hydrogen) atoms. The Kier molecular flexibility index (Phi) is 7.79. The molecule has 1 amide bonds. The zero-order chi connectivity index (χ0) is 29.0. The molecule has 2 aliphatic rings. The Morgan fingerprint density at radius 2 is 1.85 bits per heavy atom. The average molecular weight is 600 g/mol. The quantitative estimate of drug-likeness (QED) is 0.275. The second-order valence-electron chi connectivity index (χ2n) is 13.6. The summed E-state index contributed by atoms with van der Waals surface area (Å²) >= 11 is 8.49. The molecule has 0 saturated carbocycles. The number of pyridine rings is 1. The molecule has 0 spiro atoms. The summed E-state index contributed by atoms with van der Waals surface area (Å²) in [5, 5.41) is 0.916. The maximum absolute atomic E-state index is 12.6. The largest absolute Gasteiger partial charge is 0.444 e. The van der Waals surface area contributed by atoms with Crippen LogP contribution in [0.5, 0.6) is 0 Å². The number of anilines is 1. The number of amides is 1. The standard InChI is InChI=1S/C31H42ClN3O3SSi/c1-30(2,3)38-29(36)34-17-22(18-34)35-13-9-10-20-14-21(32)15-25(27(20)35)24-11-12-33-26-16-23(39-28(24)26)19-37-40(7,8)31(4,5)6/h11-12,14-16,22H,9-10,13,17-19H2,1-8H3. The van der Waals surface area contributed by atoms with Crippen molar-refractivity contribution in [2.45, 2.75) is 90.8 Å². The van der Waals surface area contributed by atoms with Gasteiger partial charge in [-0.15, -0.1) is 11.3 Å². The number of rotatable bonds is 5. The number of nitrogens with zero attached hydrogens (tertiary/aromatic N) is 3. The van der Waals surface area contributed by atoms with Gasteiger partial charge >= 0.3 is 6.09 Å². The van der Waals surface area contributed by atoms with E-state index in [1.807, 2.05) is 27.0 Å². The molecule has 0 aliphatic carbocycles. The van der Waals surface area contributed by atoms with Crippen LogP contribution in [-0.4, -0.2) is 55.6 Å². The van der Waals surface area contributed by atoms with E-state index < -0.39 is 13.9 Å². The molecule has 6 nitrogen and oxygen atoms in total. The first-order valence-electron chi connectivity index (χ1n) is 14.2. The summed E-state index contributed by atoms with van der Waals surface area (Å²) in [4.78, 5) is 22.8. The van der Waals surface area contributed by atoms with Gasteiger partial charge in [-0.25, -0.2) is 4.79 Å². The molecule has 3 aromatic rings. The van der Waals surface area contributed by atoms with Crippen LogP contribution in [0.2, 0.25) is 23.2 Å². The van der Waals surface area contributed by atoms with Gasteiger partial charge in [-0.1, -0.05) is 32.4 Å².